The van der Waals surface area contributed by atoms with Crippen LogP contribution in [0.1, 0.15) is 48.9 Å². The fraction of sp³-hybridized carbons (Fsp3) is 0.526. The topological polar surface area (TPSA) is 98.7 Å². The Hall–Kier alpha value is -2.41. The SMILES string of the molecule is O=C(Nc1cccc(C(=O)N2CCCC2)c1)C(=O)NC1CCCC(O)C1. The lowest BCUT2D eigenvalue weighted by Gasteiger charge is -2.26. The molecule has 1 saturated carbocycles. The molecule has 2 fully saturated rings. The third-order valence-electron chi connectivity index (χ3n) is 4.95. The van der Waals surface area contributed by atoms with Gasteiger partial charge >= 0.3 is 11.8 Å². The zero-order valence-electron chi connectivity index (χ0n) is 14.7. The summed E-state index contributed by atoms with van der Waals surface area (Å²) >= 11 is 0. The largest absolute Gasteiger partial charge is 0.393 e. The smallest absolute Gasteiger partial charge is 0.313 e. The zero-order valence-corrected chi connectivity index (χ0v) is 14.7. The number of carbonyl (C=O) groups excluding carboxylic acids is 3. The van der Waals surface area contributed by atoms with E-state index in [4.69, 9.17) is 0 Å². The molecule has 0 aromatic heterocycles. The minimum absolute atomic E-state index is 0.0563. The van der Waals surface area contributed by atoms with Crippen LogP contribution in [0.3, 0.4) is 0 Å². The fourth-order valence-electron chi connectivity index (χ4n) is 3.57. The average Bonchev–Trinajstić information content (AvgIpc) is 3.16. The van der Waals surface area contributed by atoms with Gasteiger partial charge in [0.2, 0.25) is 0 Å². The van der Waals surface area contributed by atoms with Gasteiger partial charge in [0, 0.05) is 30.4 Å². The van der Waals surface area contributed by atoms with Crippen molar-refractivity contribution in [2.45, 2.75) is 50.7 Å². The van der Waals surface area contributed by atoms with Crippen LogP contribution in [0.25, 0.3) is 0 Å². The molecule has 7 nitrogen and oxygen atoms in total. The molecule has 1 heterocycles. The van der Waals surface area contributed by atoms with E-state index in [2.05, 4.69) is 10.6 Å². The Morgan fingerprint density at radius 3 is 2.54 bits per heavy atom. The second-order valence-corrected chi connectivity index (χ2v) is 7.03. The molecule has 7 heteroatoms. The van der Waals surface area contributed by atoms with E-state index in [1.165, 1.54) is 0 Å². The number of nitrogens with zero attached hydrogens (tertiary/aromatic N) is 1. The van der Waals surface area contributed by atoms with Crippen molar-refractivity contribution in [1.82, 2.24) is 10.2 Å². The van der Waals surface area contributed by atoms with Gasteiger partial charge in [0.05, 0.1) is 6.10 Å². The second kappa shape index (κ2) is 8.31. The summed E-state index contributed by atoms with van der Waals surface area (Å²) in [5, 5.41) is 14.9. The summed E-state index contributed by atoms with van der Waals surface area (Å²) in [7, 11) is 0. The Morgan fingerprint density at radius 1 is 1.04 bits per heavy atom. The van der Waals surface area contributed by atoms with Gasteiger partial charge in [-0.15, -0.1) is 0 Å². The summed E-state index contributed by atoms with van der Waals surface area (Å²) < 4.78 is 0. The number of likely N-dealkylation sites (tertiary alicyclic amines) is 1. The molecule has 2 atom stereocenters. The molecule has 3 amide bonds. The third kappa shape index (κ3) is 4.60. The van der Waals surface area contributed by atoms with E-state index in [0.717, 1.165) is 45.2 Å². The zero-order chi connectivity index (χ0) is 18.5. The fourth-order valence-corrected chi connectivity index (χ4v) is 3.57. The van der Waals surface area contributed by atoms with Crippen molar-refractivity contribution in [2.75, 3.05) is 18.4 Å². The Balaban J connectivity index is 1.57. The Kier molecular flexibility index (Phi) is 5.88. The molecular weight excluding hydrogens is 334 g/mol. The second-order valence-electron chi connectivity index (χ2n) is 7.03. The highest BCUT2D eigenvalue weighted by Gasteiger charge is 2.25. The van der Waals surface area contributed by atoms with Gasteiger partial charge in [-0.3, -0.25) is 14.4 Å². The van der Waals surface area contributed by atoms with E-state index in [1.54, 1.807) is 29.2 Å². The van der Waals surface area contributed by atoms with Crippen molar-refractivity contribution in [2.24, 2.45) is 0 Å². The van der Waals surface area contributed by atoms with Crippen molar-refractivity contribution in [3.63, 3.8) is 0 Å². The lowest BCUT2D eigenvalue weighted by Crippen LogP contribution is -2.44. The molecule has 3 N–H and O–H groups in total. The summed E-state index contributed by atoms with van der Waals surface area (Å²) in [6.07, 6.45) is 4.39. The van der Waals surface area contributed by atoms with Crippen molar-refractivity contribution < 1.29 is 19.5 Å². The predicted octanol–water partition coefficient (Wildman–Crippen LogP) is 1.28. The van der Waals surface area contributed by atoms with Crippen LogP contribution in [-0.2, 0) is 9.59 Å². The number of amides is 3. The molecule has 140 valence electrons. The van der Waals surface area contributed by atoms with Crippen LogP contribution in [0.5, 0.6) is 0 Å². The van der Waals surface area contributed by atoms with Gasteiger partial charge in [-0.1, -0.05) is 6.07 Å². The van der Waals surface area contributed by atoms with Crippen LogP contribution < -0.4 is 10.6 Å². The highest BCUT2D eigenvalue weighted by atomic mass is 16.3. The maximum atomic E-state index is 12.4. The molecule has 3 rings (SSSR count). The lowest BCUT2D eigenvalue weighted by atomic mass is 9.93. The van der Waals surface area contributed by atoms with Gasteiger partial charge in [0.15, 0.2) is 0 Å². The molecule has 2 aliphatic rings. The number of benzene rings is 1. The van der Waals surface area contributed by atoms with E-state index in [1.807, 2.05) is 0 Å². The number of rotatable bonds is 3. The number of anilines is 1. The molecule has 1 aliphatic heterocycles. The van der Waals surface area contributed by atoms with E-state index in [9.17, 15) is 19.5 Å². The maximum absolute atomic E-state index is 12.4. The van der Waals surface area contributed by atoms with E-state index >= 15 is 0 Å². The monoisotopic (exact) mass is 359 g/mol. The molecule has 2 unspecified atom stereocenters. The normalized spacial score (nSPS) is 22.7. The van der Waals surface area contributed by atoms with Crippen molar-refractivity contribution in [3.8, 4) is 0 Å². The van der Waals surface area contributed by atoms with E-state index in [-0.39, 0.29) is 11.9 Å². The summed E-state index contributed by atoms with van der Waals surface area (Å²) in [6.45, 7) is 1.51. The Bertz CT molecular complexity index is 685. The van der Waals surface area contributed by atoms with Crippen LogP contribution in [0, 0.1) is 0 Å². The molecule has 1 aromatic carbocycles. The minimum Gasteiger partial charge on any atom is -0.393 e. The molecular formula is C19H25N3O4. The maximum Gasteiger partial charge on any atom is 0.313 e. The molecule has 26 heavy (non-hydrogen) atoms. The summed E-state index contributed by atoms with van der Waals surface area (Å²) in [6, 6.07) is 6.46. The predicted molar refractivity (Wildman–Crippen MR) is 96.6 cm³/mol. The van der Waals surface area contributed by atoms with E-state index < -0.39 is 17.9 Å². The molecule has 1 aliphatic carbocycles. The first kappa shape index (κ1) is 18.4. The van der Waals surface area contributed by atoms with Crippen molar-refractivity contribution >= 4 is 23.4 Å². The Labute approximate surface area is 152 Å². The van der Waals surface area contributed by atoms with Crippen LogP contribution >= 0.6 is 0 Å². The van der Waals surface area contributed by atoms with Crippen molar-refractivity contribution in [1.29, 1.82) is 0 Å². The van der Waals surface area contributed by atoms with Gasteiger partial charge in [-0.25, -0.2) is 0 Å². The van der Waals surface area contributed by atoms with Gasteiger partial charge in [-0.2, -0.15) is 0 Å². The first-order valence-electron chi connectivity index (χ1n) is 9.22. The molecule has 0 radical (unpaired) electrons. The van der Waals surface area contributed by atoms with Crippen LogP contribution in [0.4, 0.5) is 5.69 Å². The van der Waals surface area contributed by atoms with Crippen LogP contribution in [0.15, 0.2) is 24.3 Å². The molecule has 1 saturated heterocycles. The number of carbonyl (C=O) groups is 3. The summed E-state index contributed by atoms with van der Waals surface area (Å²) in [5.74, 6) is -1.55. The van der Waals surface area contributed by atoms with Gasteiger partial charge in [-0.05, 0) is 56.7 Å². The number of hydrogen-bond donors (Lipinski definition) is 3. The minimum atomic E-state index is -0.768. The first-order valence-corrected chi connectivity index (χ1v) is 9.22. The van der Waals surface area contributed by atoms with Crippen molar-refractivity contribution in [3.05, 3.63) is 29.8 Å². The Morgan fingerprint density at radius 2 is 1.81 bits per heavy atom. The summed E-state index contributed by atoms with van der Waals surface area (Å²) in [4.78, 5) is 38.4. The number of hydrogen-bond acceptors (Lipinski definition) is 4. The molecule has 1 aromatic rings. The third-order valence-corrected chi connectivity index (χ3v) is 4.95. The highest BCUT2D eigenvalue weighted by molar-refractivity contribution is 6.39. The standard InChI is InChI=1S/C19H25N3O4/c23-16-8-4-7-15(12-16)21-18(25)17(24)20-14-6-3-5-13(11-14)19(26)22-9-1-2-10-22/h3,5-6,11,15-16,23H,1-2,4,7-10,12H2,(H,20,24)(H,21,25). The van der Waals surface area contributed by atoms with Gasteiger partial charge in [0.1, 0.15) is 0 Å². The summed E-state index contributed by atoms with van der Waals surface area (Å²) in [5.41, 5.74) is 0.916. The molecule has 0 spiro atoms. The highest BCUT2D eigenvalue weighted by Crippen LogP contribution is 2.19. The van der Waals surface area contributed by atoms with Gasteiger partial charge in [0.25, 0.3) is 5.91 Å². The first-order chi connectivity index (χ1) is 12.5. The van der Waals surface area contributed by atoms with E-state index in [0.29, 0.717) is 17.7 Å². The average molecular weight is 359 g/mol. The molecule has 0 bridgehead atoms. The quantitative estimate of drug-likeness (QED) is 0.708. The number of aliphatic hydroxyl groups excluding tert-OH is 1. The number of nitrogens with one attached hydrogen (secondary N) is 2. The lowest BCUT2D eigenvalue weighted by molar-refractivity contribution is -0.136. The van der Waals surface area contributed by atoms with Crippen LogP contribution in [0.2, 0.25) is 0 Å². The van der Waals surface area contributed by atoms with Gasteiger partial charge < -0.3 is 20.6 Å². The van der Waals surface area contributed by atoms with Crippen LogP contribution in [-0.4, -0.2) is 53.0 Å². The number of aliphatic hydroxyl groups is 1.